The van der Waals surface area contributed by atoms with Crippen LogP contribution in [0.4, 0.5) is 0 Å². The van der Waals surface area contributed by atoms with Crippen LogP contribution in [0.3, 0.4) is 0 Å². The first-order valence-corrected chi connectivity index (χ1v) is 7.81. The third-order valence-corrected chi connectivity index (χ3v) is 3.67. The third-order valence-electron chi connectivity index (χ3n) is 3.67. The molecule has 1 amide bonds. The minimum atomic E-state index is -1.57. The van der Waals surface area contributed by atoms with Crippen molar-refractivity contribution in [3.05, 3.63) is 47.2 Å². The maximum Gasteiger partial charge on any atom is 0.339 e. The largest absolute Gasteiger partial charge is 0.480 e. The minimum Gasteiger partial charge on any atom is -0.480 e. The van der Waals surface area contributed by atoms with E-state index < -0.39 is 42.0 Å². The molecule has 9 nitrogen and oxygen atoms in total. The lowest BCUT2D eigenvalue weighted by atomic mass is 10.1. The maximum atomic E-state index is 12.7. The molecule has 1 aromatic rings. The summed E-state index contributed by atoms with van der Waals surface area (Å²) >= 11 is 0. The number of hydrogen-bond acceptors (Lipinski definition) is 6. The smallest absolute Gasteiger partial charge is 0.339 e. The number of carbonyl (C=O) groups is 4. The van der Waals surface area contributed by atoms with Gasteiger partial charge in [-0.2, -0.15) is 0 Å². The number of carbonyl (C=O) groups excluding carboxylic acids is 2. The topological polar surface area (TPSA) is 133 Å². The molecule has 1 aliphatic heterocycles. The molecule has 0 aliphatic carbocycles. The molecule has 0 spiro atoms. The zero-order valence-electron chi connectivity index (χ0n) is 14.0. The van der Waals surface area contributed by atoms with E-state index in [0.717, 1.165) is 4.90 Å². The van der Waals surface area contributed by atoms with Gasteiger partial charge in [-0.15, -0.1) is 0 Å². The summed E-state index contributed by atoms with van der Waals surface area (Å²) in [6.07, 6.45) is 0. The van der Waals surface area contributed by atoms with Crippen molar-refractivity contribution in [3.63, 3.8) is 0 Å². The molecule has 1 aromatic carbocycles. The van der Waals surface area contributed by atoms with Gasteiger partial charge in [-0.3, -0.25) is 9.59 Å². The van der Waals surface area contributed by atoms with Crippen LogP contribution in [-0.2, 0) is 30.5 Å². The normalized spacial score (nSPS) is 16.6. The molecule has 138 valence electrons. The second-order valence-corrected chi connectivity index (χ2v) is 5.42. The lowest BCUT2D eigenvalue weighted by Gasteiger charge is -2.23. The zero-order chi connectivity index (χ0) is 19.3. The van der Waals surface area contributed by atoms with Gasteiger partial charge in [0.1, 0.15) is 12.2 Å². The average Bonchev–Trinajstić information content (AvgIpc) is 2.86. The molecule has 3 N–H and O–H groups in total. The van der Waals surface area contributed by atoms with Crippen LogP contribution in [0.25, 0.3) is 0 Å². The van der Waals surface area contributed by atoms with Crippen molar-refractivity contribution in [2.45, 2.75) is 19.5 Å². The molecule has 0 fully saturated rings. The zero-order valence-corrected chi connectivity index (χ0v) is 14.0. The van der Waals surface area contributed by atoms with Gasteiger partial charge in [0, 0.05) is 6.54 Å². The number of rotatable bonds is 8. The van der Waals surface area contributed by atoms with Crippen molar-refractivity contribution < 1.29 is 34.1 Å². The fraction of sp³-hybridized carbons (Fsp3) is 0.294. The van der Waals surface area contributed by atoms with Crippen LogP contribution >= 0.6 is 0 Å². The molecular weight excluding hydrogens is 344 g/mol. The van der Waals surface area contributed by atoms with Gasteiger partial charge in [0.15, 0.2) is 6.04 Å². The van der Waals surface area contributed by atoms with E-state index >= 15 is 0 Å². The average molecular weight is 362 g/mol. The number of carboxylic acids is 2. The van der Waals surface area contributed by atoms with Gasteiger partial charge < -0.3 is 25.2 Å². The number of carboxylic acid groups (broad SMARTS) is 2. The quantitative estimate of drug-likeness (QED) is 0.549. The van der Waals surface area contributed by atoms with E-state index in [-0.39, 0.29) is 18.8 Å². The van der Waals surface area contributed by atoms with Crippen LogP contribution in [0.15, 0.2) is 41.6 Å². The van der Waals surface area contributed by atoms with Crippen LogP contribution in [0.1, 0.15) is 12.5 Å². The molecule has 0 saturated heterocycles. The minimum absolute atomic E-state index is 0.0201. The SMILES string of the molecule is CCOC(=O)C1=C(NCC(=O)O)C(=O)N(Cc2ccccc2)C1C(=O)O. The number of amides is 1. The van der Waals surface area contributed by atoms with Crippen molar-refractivity contribution in [1.82, 2.24) is 10.2 Å². The molecule has 1 aliphatic rings. The first kappa shape index (κ1) is 19.0. The molecule has 0 saturated carbocycles. The highest BCUT2D eigenvalue weighted by molar-refractivity contribution is 6.12. The number of benzene rings is 1. The molecule has 0 bridgehead atoms. The first-order valence-electron chi connectivity index (χ1n) is 7.81. The first-order chi connectivity index (χ1) is 12.4. The second-order valence-electron chi connectivity index (χ2n) is 5.42. The van der Waals surface area contributed by atoms with Crippen LogP contribution in [0.2, 0.25) is 0 Å². The lowest BCUT2D eigenvalue weighted by molar-refractivity contribution is -0.148. The third kappa shape index (κ3) is 4.00. The van der Waals surface area contributed by atoms with E-state index in [9.17, 15) is 24.3 Å². The number of aliphatic carboxylic acids is 2. The van der Waals surface area contributed by atoms with Gasteiger partial charge in [0.25, 0.3) is 5.91 Å². The number of nitrogens with zero attached hydrogens (tertiary/aromatic N) is 1. The Bertz CT molecular complexity index is 758. The Labute approximate surface area is 148 Å². The fourth-order valence-corrected chi connectivity index (χ4v) is 2.63. The molecule has 26 heavy (non-hydrogen) atoms. The number of nitrogens with one attached hydrogen (secondary N) is 1. The van der Waals surface area contributed by atoms with Crippen molar-refractivity contribution in [2.75, 3.05) is 13.2 Å². The standard InChI is InChI=1S/C17H18N2O7/c1-2-26-17(25)12-13(18-8-11(20)21)15(22)19(14(12)16(23)24)9-10-6-4-3-5-7-10/h3-7,14,18H,2,8-9H2,1H3,(H,20,21)(H,23,24). The predicted octanol–water partition coefficient (Wildman–Crippen LogP) is -0.0266. The van der Waals surface area contributed by atoms with E-state index in [4.69, 9.17) is 9.84 Å². The Kier molecular flexibility index (Phi) is 5.94. The Balaban J connectivity index is 2.43. The van der Waals surface area contributed by atoms with Gasteiger partial charge in [-0.25, -0.2) is 9.59 Å². The van der Waals surface area contributed by atoms with E-state index in [2.05, 4.69) is 5.32 Å². The molecule has 9 heteroatoms. The van der Waals surface area contributed by atoms with E-state index in [1.807, 2.05) is 0 Å². The van der Waals surface area contributed by atoms with Gasteiger partial charge in [-0.05, 0) is 12.5 Å². The Hall–Kier alpha value is -3.36. The fourth-order valence-electron chi connectivity index (χ4n) is 2.63. The lowest BCUT2D eigenvalue weighted by Crippen LogP contribution is -2.42. The van der Waals surface area contributed by atoms with Gasteiger partial charge in [0.05, 0.1) is 12.2 Å². The highest BCUT2D eigenvalue weighted by Gasteiger charge is 2.47. The summed E-state index contributed by atoms with van der Waals surface area (Å²) in [4.78, 5) is 48.5. The van der Waals surface area contributed by atoms with Crippen molar-refractivity contribution in [3.8, 4) is 0 Å². The summed E-state index contributed by atoms with van der Waals surface area (Å²) < 4.78 is 4.86. The monoisotopic (exact) mass is 362 g/mol. The second kappa shape index (κ2) is 8.15. The molecule has 0 aromatic heterocycles. The predicted molar refractivity (Wildman–Crippen MR) is 87.7 cm³/mol. The maximum absolute atomic E-state index is 12.7. The van der Waals surface area contributed by atoms with Crippen molar-refractivity contribution in [2.24, 2.45) is 0 Å². The molecule has 0 radical (unpaired) electrons. The van der Waals surface area contributed by atoms with E-state index in [1.54, 1.807) is 30.3 Å². The highest BCUT2D eigenvalue weighted by Crippen LogP contribution is 2.28. The Morgan fingerprint density at radius 3 is 2.38 bits per heavy atom. The Morgan fingerprint density at radius 1 is 1.19 bits per heavy atom. The van der Waals surface area contributed by atoms with E-state index in [1.165, 1.54) is 6.92 Å². The number of hydrogen-bond donors (Lipinski definition) is 3. The molecule has 2 rings (SSSR count). The van der Waals surface area contributed by atoms with Crippen LogP contribution < -0.4 is 5.32 Å². The summed E-state index contributed by atoms with van der Waals surface area (Å²) in [5.74, 6) is -4.42. The molecule has 1 unspecified atom stereocenters. The number of esters is 1. The van der Waals surface area contributed by atoms with Gasteiger partial charge in [-0.1, -0.05) is 30.3 Å². The van der Waals surface area contributed by atoms with E-state index in [0.29, 0.717) is 5.56 Å². The summed E-state index contributed by atoms with van der Waals surface area (Å²) in [6.45, 7) is 0.818. The van der Waals surface area contributed by atoms with Crippen molar-refractivity contribution in [1.29, 1.82) is 0 Å². The summed E-state index contributed by atoms with van der Waals surface area (Å²) in [7, 11) is 0. The van der Waals surface area contributed by atoms with Crippen molar-refractivity contribution >= 4 is 23.8 Å². The van der Waals surface area contributed by atoms with Gasteiger partial charge in [0.2, 0.25) is 0 Å². The number of ether oxygens (including phenoxy) is 1. The van der Waals surface area contributed by atoms with Crippen LogP contribution in [0.5, 0.6) is 0 Å². The van der Waals surface area contributed by atoms with Gasteiger partial charge >= 0.3 is 17.9 Å². The summed E-state index contributed by atoms with van der Waals surface area (Å²) in [6, 6.07) is 7.08. The van der Waals surface area contributed by atoms with Crippen LogP contribution in [-0.4, -0.2) is 58.1 Å². The Morgan fingerprint density at radius 2 is 1.85 bits per heavy atom. The summed E-state index contributed by atoms with van der Waals surface area (Å²) in [5, 5.41) is 20.7. The highest BCUT2D eigenvalue weighted by atomic mass is 16.5. The summed E-state index contributed by atoms with van der Waals surface area (Å²) in [5.41, 5.74) is -0.106. The van der Waals surface area contributed by atoms with Crippen LogP contribution in [0, 0.1) is 0 Å². The molecular formula is C17H18N2O7. The molecule has 1 heterocycles. The molecule has 1 atom stereocenters.